The van der Waals surface area contributed by atoms with Crippen molar-refractivity contribution in [2.24, 2.45) is 5.73 Å². The van der Waals surface area contributed by atoms with E-state index in [4.69, 9.17) is 40.5 Å². The average molecular weight is 505 g/mol. The number of aromatic nitrogens is 2. The van der Waals surface area contributed by atoms with E-state index in [9.17, 15) is 19.7 Å². The molecule has 9 nitrogen and oxygen atoms in total. The van der Waals surface area contributed by atoms with Crippen molar-refractivity contribution in [1.82, 2.24) is 9.97 Å². The van der Waals surface area contributed by atoms with Crippen LogP contribution < -0.4 is 16.6 Å². The van der Waals surface area contributed by atoms with Gasteiger partial charge in [0.1, 0.15) is 0 Å². The topological polar surface area (TPSA) is 144 Å². The highest BCUT2D eigenvalue weighted by Crippen LogP contribution is 2.34. The summed E-state index contributed by atoms with van der Waals surface area (Å²) < 4.78 is 0. The van der Waals surface area contributed by atoms with E-state index in [-0.39, 0.29) is 38.7 Å². The third kappa shape index (κ3) is 4.47. The summed E-state index contributed by atoms with van der Waals surface area (Å²) in [6, 6.07) is 11.5. The maximum atomic E-state index is 12.8. The monoisotopic (exact) mass is 503 g/mol. The SMILES string of the molecule is NC(=O)c1ccc(-c2cc([N+](=O)[O-])cc3c(=O)[nH]c(Nc4ccc(Cl)c(Cl)c4)nc23)cc1Cl. The number of non-ortho nitro benzene ring substituents is 1. The molecule has 0 fully saturated rings. The molecule has 166 valence electrons. The fourth-order valence-corrected chi connectivity index (χ4v) is 3.78. The second-order valence-electron chi connectivity index (χ2n) is 6.87. The van der Waals surface area contributed by atoms with E-state index < -0.39 is 16.4 Å². The Kier molecular flexibility index (Phi) is 5.94. The molecular formula is C21H12Cl3N5O4. The second kappa shape index (κ2) is 8.70. The van der Waals surface area contributed by atoms with E-state index in [0.717, 1.165) is 6.07 Å². The standard InChI is InChI=1S/C21H12Cl3N5O4/c22-15-4-2-10(6-17(15)24)26-21-27-18-13(9-1-3-12(19(25)30)16(23)5-9)7-11(29(32)33)8-14(18)20(31)28-21/h1-8H,(H2,25,30)(H2,26,27,28,31). The van der Waals surface area contributed by atoms with Crippen LogP contribution in [-0.4, -0.2) is 20.8 Å². The minimum atomic E-state index is -0.724. The number of nitrogens with zero attached hydrogens (tertiary/aromatic N) is 2. The molecule has 0 saturated heterocycles. The van der Waals surface area contributed by atoms with Crippen LogP contribution in [0.25, 0.3) is 22.0 Å². The molecule has 1 amide bonds. The number of hydrogen-bond acceptors (Lipinski definition) is 6. The van der Waals surface area contributed by atoms with Crippen LogP contribution in [0.5, 0.6) is 0 Å². The number of amides is 1. The number of carbonyl (C=O) groups excluding carboxylic acids is 1. The molecule has 0 aliphatic heterocycles. The predicted octanol–water partition coefficient (Wildman–Crippen LogP) is 5.30. The van der Waals surface area contributed by atoms with Gasteiger partial charge in [-0.1, -0.05) is 40.9 Å². The van der Waals surface area contributed by atoms with Crippen LogP contribution in [0.1, 0.15) is 10.4 Å². The van der Waals surface area contributed by atoms with Crippen LogP contribution in [0.15, 0.2) is 53.3 Å². The molecule has 4 rings (SSSR count). The first-order valence-electron chi connectivity index (χ1n) is 9.18. The summed E-state index contributed by atoms with van der Waals surface area (Å²) in [5, 5.41) is 15.1. The number of H-pyrrole nitrogens is 1. The minimum absolute atomic E-state index is 0.00557. The highest BCUT2D eigenvalue weighted by molar-refractivity contribution is 6.42. The van der Waals surface area contributed by atoms with Crippen LogP contribution in [0.3, 0.4) is 0 Å². The van der Waals surface area contributed by atoms with E-state index in [0.29, 0.717) is 21.3 Å². The molecule has 0 aliphatic carbocycles. The normalized spacial score (nSPS) is 10.9. The maximum absolute atomic E-state index is 12.8. The van der Waals surface area contributed by atoms with Gasteiger partial charge in [0.2, 0.25) is 11.9 Å². The first-order chi connectivity index (χ1) is 15.6. The van der Waals surface area contributed by atoms with Crippen molar-refractivity contribution in [3.63, 3.8) is 0 Å². The number of nitro groups is 1. The highest BCUT2D eigenvalue weighted by Gasteiger charge is 2.19. The van der Waals surface area contributed by atoms with Crippen molar-refractivity contribution in [2.45, 2.75) is 0 Å². The number of aromatic amines is 1. The third-order valence-corrected chi connectivity index (χ3v) is 5.79. The summed E-state index contributed by atoms with van der Waals surface area (Å²) in [5.41, 5.74) is 5.81. The quantitative estimate of drug-likeness (QED) is 0.248. The lowest BCUT2D eigenvalue weighted by atomic mass is 10.00. The number of carbonyl (C=O) groups is 1. The number of primary amides is 1. The fraction of sp³-hybridized carbons (Fsp3) is 0. The number of benzene rings is 3. The van der Waals surface area contributed by atoms with Crippen molar-refractivity contribution >= 4 is 68.9 Å². The molecule has 1 aromatic heterocycles. The molecule has 0 spiro atoms. The largest absolute Gasteiger partial charge is 0.366 e. The van der Waals surface area contributed by atoms with Gasteiger partial charge < -0.3 is 11.1 Å². The zero-order chi connectivity index (χ0) is 23.9. The van der Waals surface area contributed by atoms with Gasteiger partial charge in [-0.3, -0.25) is 24.7 Å². The van der Waals surface area contributed by atoms with Gasteiger partial charge in [-0.25, -0.2) is 4.98 Å². The molecule has 3 aromatic carbocycles. The Morgan fingerprint density at radius 2 is 1.79 bits per heavy atom. The highest BCUT2D eigenvalue weighted by atomic mass is 35.5. The lowest BCUT2D eigenvalue weighted by Gasteiger charge is -2.11. The first kappa shape index (κ1) is 22.5. The predicted molar refractivity (Wildman–Crippen MR) is 128 cm³/mol. The summed E-state index contributed by atoms with van der Waals surface area (Å²) >= 11 is 18.1. The molecule has 4 N–H and O–H groups in total. The Morgan fingerprint density at radius 3 is 2.42 bits per heavy atom. The van der Waals surface area contributed by atoms with E-state index >= 15 is 0 Å². The van der Waals surface area contributed by atoms with Gasteiger partial charge in [0, 0.05) is 23.4 Å². The van der Waals surface area contributed by atoms with Crippen molar-refractivity contribution in [2.75, 3.05) is 5.32 Å². The first-order valence-corrected chi connectivity index (χ1v) is 10.3. The van der Waals surface area contributed by atoms with E-state index in [1.807, 2.05) is 0 Å². The van der Waals surface area contributed by atoms with Crippen LogP contribution in [0.4, 0.5) is 17.3 Å². The molecule has 4 aromatic rings. The number of hydrogen-bond donors (Lipinski definition) is 3. The molecule has 0 radical (unpaired) electrons. The third-order valence-electron chi connectivity index (χ3n) is 4.73. The molecule has 0 bridgehead atoms. The lowest BCUT2D eigenvalue weighted by Crippen LogP contribution is -2.12. The van der Waals surface area contributed by atoms with Gasteiger partial charge in [0.15, 0.2) is 0 Å². The number of nitro benzene ring substituents is 1. The zero-order valence-corrected chi connectivity index (χ0v) is 18.6. The Bertz CT molecular complexity index is 1520. The summed E-state index contributed by atoms with van der Waals surface area (Å²) in [7, 11) is 0. The van der Waals surface area contributed by atoms with Gasteiger partial charge in [-0.2, -0.15) is 0 Å². The van der Waals surface area contributed by atoms with Gasteiger partial charge in [-0.15, -0.1) is 0 Å². The van der Waals surface area contributed by atoms with Crippen LogP contribution in [0, 0.1) is 10.1 Å². The van der Waals surface area contributed by atoms with Crippen LogP contribution in [-0.2, 0) is 0 Å². The smallest absolute Gasteiger partial charge is 0.271 e. The summed E-state index contributed by atoms with van der Waals surface area (Å²) in [4.78, 5) is 42.1. The van der Waals surface area contributed by atoms with Crippen molar-refractivity contribution < 1.29 is 9.72 Å². The van der Waals surface area contributed by atoms with E-state index in [1.165, 1.54) is 24.3 Å². The summed E-state index contributed by atoms with van der Waals surface area (Å²) in [5.74, 6) is -0.654. The maximum Gasteiger partial charge on any atom is 0.271 e. The number of halogens is 3. The van der Waals surface area contributed by atoms with Crippen LogP contribution >= 0.6 is 34.8 Å². The average Bonchev–Trinajstić information content (AvgIpc) is 2.75. The Balaban J connectivity index is 1.93. The number of fused-ring (bicyclic) bond motifs is 1. The van der Waals surface area contributed by atoms with Gasteiger partial charge in [0.25, 0.3) is 11.2 Å². The summed E-state index contributed by atoms with van der Waals surface area (Å²) in [6.07, 6.45) is 0. The molecule has 0 atom stereocenters. The van der Waals surface area contributed by atoms with Gasteiger partial charge in [0.05, 0.1) is 36.5 Å². The Morgan fingerprint density at radius 1 is 1.03 bits per heavy atom. The molecule has 12 heteroatoms. The van der Waals surface area contributed by atoms with E-state index in [1.54, 1.807) is 18.2 Å². The molecule has 33 heavy (non-hydrogen) atoms. The molecule has 0 aliphatic rings. The van der Waals surface area contributed by atoms with Gasteiger partial charge in [-0.05, 0) is 35.9 Å². The second-order valence-corrected chi connectivity index (χ2v) is 8.10. The Labute approximate surface area is 200 Å². The minimum Gasteiger partial charge on any atom is -0.366 e. The number of nitrogens with one attached hydrogen (secondary N) is 2. The fourth-order valence-electron chi connectivity index (χ4n) is 3.21. The molecular weight excluding hydrogens is 493 g/mol. The van der Waals surface area contributed by atoms with Crippen LogP contribution in [0.2, 0.25) is 15.1 Å². The molecule has 0 unspecified atom stereocenters. The van der Waals surface area contributed by atoms with Crippen molar-refractivity contribution in [3.05, 3.63) is 89.6 Å². The number of nitrogens with two attached hydrogens (primary N) is 1. The Hall–Kier alpha value is -3.66. The van der Waals surface area contributed by atoms with Crippen molar-refractivity contribution in [3.8, 4) is 11.1 Å². The lowest BCUT2D eigenvalue weighted by molar-refractivity contribution is -0.384. The van der Waals surface area contributed by atoms with Crippen molar-refractivity contribution in [1.29, 1.82) is 0 Å². The molecule has 0 saturated carbocycles. The van der Waals surface area contributed by atoms with Gasteiger partial charge >= 0.3 is 0 Å². The molecule has 1 heterocycles. The number of anilines is 2. The number of rotatable bonds is 5. The zero-order valence-electron chi connectivity index (χ0n) is 16.4. The summed E-state index contributed by atoms with van der Waals surface area (Å²) in [6.45, 7) is 0. The van der Waals surface area contributed by atoms with E-state index in [2.05, 4.69) is 15.3 Å².